The zero-order valence-corrected chi connectivity index (χ0v) is 14.2. The fourth-order valence-corrected chi connectivity index (χ4v) is 4.68. The maximum absolute atomic E-state index is 12.7. The molecule has 0 radical (unpaired) electrons. The lowest BCUT2D eigenvalue weighted by Crippen LogP contribution is -2.55. The van der Waals surface area contributed by atoms with Gasteiger partial charge in [0.05, 0.1) is 6.26 Å². The first-order valence-corrected chi connectivity index (χ1v) is 9.46. The number of furan rings is 1. The van der Waals surface area contributed by atoms with Gasteiger partial charge in [-0.05, 0) is 30.9 Å². The molecule has 1 aromatic heterocycles. The van der Waals surface area contributed by atoms with E-state index in [4.69, 9.17) is 4.42 Å². The van der Waals surface area contributed by atoms with E-state index in [1.54, 1.807) is 21.3 Å². The van der Waals surface area contributed by atoms with E-state index in [1.807, 2.05) is 0 Å². The second-order valence-corrected chi connectivity index (χ2v) is 8.19. The van der Waals surface area contributed by atoms with Gasteiger partial charge in [0.2, 0.25) is 0 Å². The zero-order valence-electron chi connectivity index (χ0n) is 13.3. The standard InChI is InChI=1S/C15H23N3O4S/c1-13-4-6-17(7-5-13)23(20,21)18-10-8-16(9-11-18)15(19)14-3-2-12-22-14/h2-3,12-13H,4-11H2,1H3. The molecule has 0 atom stereocenters. The number of rotatable bonds is 3. The summed E-state index contributed by atoms with van der Waals surface area (Å²) < 4.78 is 33.6. The quantitative estimate of drug-likeness (QED) is 0.822. The molecule has 0 aliphatic carbocycles. The van der Waals surface area contributed by atoms with Crippen LogP contribution in [0.5, 0.6) is 0 Å². The predicted molar refractivity (Wildman–Crippen MR) is 85.1 cm³/mol. The number of carbonyl (C=O) groups is 1. The number of amides is 1. The van der Waals surface area contributed by atoms with Crippen molar-refractivity contribution in [1.29, 1.82) is 0 Å². The van der Waals surface area contributed by atoms with Crippen LogP contribution in [-0.4, -0.2) is 67.1 Å². The third-order valence-electron chi connectivity index (χ3n) is 4.65. The van der Waals surface area contributed by atoms with Crippen molar-refractivity contribution in [2.24, 2.45) is 5.92 Å². The minimum absolute atomic E-state index is 0.182. The molecule has 0 bridgehead atoms. The first kappa shape index (κ1) is 16.5. The van der Waals surface area contributed by atoms with Crippen LogP contribution >= 0.6 is 0 Å². The summed E-state index contributed by atoms with van der Waals surface area (Å²) >= 11 is 0. The van der Waals surface area contributed by atoms with Crippen LogP contribution in [0, 0.1) is 5.92 Å². The Kier molecular flexibility index (Phi) is 4.74. The van der Waals surface area contributed by atoms with Crippen molar-refractivity contribution in [3.63, 3.8) is 0 Å². The van der Waals surface area contributed by atoms with Gasteiger partial charge in [-0.25, -0.2) is 0 Å². The molecule has 0 saturated carbocycles. The Labute approximate surface area is 137 Å². The van der Waals surface area contributed by atoms with Crippen molar-refractivity contribution in [1.82, 2.24) is 13.5 Å². The molecule has 1 aromatic rings. The van der Waals surface area contributed by atoms with Crippen LogP contribution in [0.1, 0.15) is 30.3 Å². The topological polar surface area (TPSA) is 74.1 Å². The molecule has 1 amide bonds. The number of piperidine rings is 1. The number of hydrogen-bond acceptors (Lipinski definition) is 4. The Morgan fingerprint density at radius 1 is 1.09 bits per heavy atom. The molecule has 23 heavy (non-hydrogen) atoms. The van der Waals surface area contributed by atoms with Crippen LogP contribution < -0.4 is 0 Å². The van der Waals surface area contributed by atoms with Crippen molar-refractivity contribution in [3.8, 4) is 0 Å². The van der Waals surface area contributed by atoms with Gasteiger partial charge in [-0.15, -0.1) is 0 Å². The highest BCUT2D eigenvalue weighted by atomic mass is 32.2. The molecule has 128 valence electrons. The molecule has 3 heterocycles. The van der Waals surface area contributed by atoms with Crippen LogP contribution in [0.25, 0.3) is 0 Å². The summed E-state index contributed by atoms with van der Waals surface area (Å²) in [5.41, 5.74) is 0. The summed E-state index contributed by atoms with van der Waals surface area (Å²) in [7, 11) is -3.41. The number of hydrogen-bond donors (Lipinski definition) is 0. The second-order valence-electron chi connectivity index (χ2n) is 6.26. The normalized spacial score (nSPS) is 22.4. The molecule has 8 heteroatoms. The molecule has 2 aliphatic rings. The first-order valence-electron chi connectivity index (χ1n) is 8.06. The van der Waals surface area contributed by atoms with E-state index < -0.39 is 10.2 Å². The SMILES string of the molecule is CC1CCN(S(=O)(=O)N2CCN(C(=O)c3ccco3)CC2)CC1. The van der Waals surface area contributed by atoms with E-state index in [0.29, 0.717) is 50.9 Å². The highest BCUT2D eigenvalue weighted by Crippen LogP contribution is 2.22. The van der Waals surface area contributed by atoms with Crippen LogP contribution in [-0.2, 0) is 10.2 Å². The summed E-state index contributed by atoms with van der Waals surface area (Å²) in [6.45, 7) is 4.79. The van der Waals surface area contributed by atoms with Gasteiger partial charge < -0.3 is 9.32 Å². The molecule has 3 rings (SSSR count). The predicted octanol–water partition coefficient (Wildman–Crippen LogP) is 1.01. The Balaban J connectivity index is 1.59. The third kappa shape index (κ3) is 3.44. The fraction of sp³-hybridized carbons (Fsp3) is 0.667. The van der Waals surface area contributed by atoms with Gasteiger partial charge in [-0.2, -0.15) is 17.0 Å². The van der Waals surface area contributed by atoms with Gasteiger partial charge in [-0.3, -0.25) is 4.79 Å². The van der Waals surface area contributed by atoms with E-state index in [1.165, 1.54) is 10.6 Å². The summed E-state index contributed by atoms with van der Waals surface area (Å²) in [6, 6.07) is 3.30. The fourth-order valence-electron chi connectivity index (χ4n) is 3.06. The maximum Gasteiger partial charge on any atom is 0.289 e. The van der Waals surface area contributed by atoms with Crippen molar-refractivity contribution in [2.45, 2.75) is 19.8 Å². The lowest BCUT2D eigenvalue weighted by atomic mass is 10.0. The monoisotopic (exact) mass is 341 g/mol. The molecule has 0 unspecified atom stereocenters. The molecule has 0 aromatic carbocycles. The smallest absolute Gasteiger partial charge is 0.289 e. The maximum atomic E-state index is 12.7. The van der Waals surface area contributed by atoms with Crippen LogP contribution in [0.2, 0.25) is 0 Å². The highest BCUT2D eigenvalue weighted by molar-refractivity contribution is 7.86. The Hall–Kier alpha value is -1.38. The Bertz CT molecular complexity index is 628. The van der Waals surface area contributed by atoms with Gasteiger partial charge in [0.1, 0.15) is 0 Å². The largest absolute Gasteiger partial charge is 0.459 e. The summed E-state index contributed by atoms with van der Waals surface area (Å²) in [4.78, 5) is 13.9. The van der Waals surface area contributed by atoms with Gasteiger partial charge in [-0.1, -0.05) is 6.92 Å². The van der Waals surface area contributed by atoms with Crippen LogP contribution in [0.3, 0.4) is 0 Å². The summed E-state index contributed by atoms with van der Waals surface area (Å²) in [5.74, 6) is 0.703. The minimum Gasteiger partial charge on any atom is -0.459 e. The van der Waals surface area contributed by atoms with Gasteiger partial charge >= 0.3 is 0 Å². The van der Waals surface area contributed by atoms with E-state index in [9.17, 15) is 13.2 Å². The van der Waals surface area contributed by atoms with Crippen molar-refractivity contribution in [2.75, 3.05) is 39.3 Å². The third-order valence-corrected chi connectivity index (χ3v) is 6.69. The molecule has 2 saturated heterocycles. The molecule has 0 N–H and O–H groups in total. The van der Waals surface area contributed by atoms with E-state index in [-0.39, 0.29) is 5.91 Å². The highest BCUT2D eigenvalue weighted by Gasteiger charge is 2.35. The van der Waals surface area contributed by atoms with Crippen molar-refractivity contribution >= 4 is 16.1 Å². The van der Waals surface area contributed by atoms with Gasteiger partial charge in [0, 0.05) is 39.3 Å². The van der Waals surface area contributed by atoms with Crippen LogP contribution in [0.15, 0.2) is 22.8 Å². The zero-order chi connectivity index (χ0) is 16.4. The number of carbonyl (C=O) groups excluding carboxylic acids is 1. The van der Waals surface area contributed by atoms with Crippen molar-refractivity contribution < 1.29 is 17.6 Å². The Morgan fingerprint density at radius 3 is 2.26 bits per heavy atom. The average molecular weight is 341 g/mol. The van der Waals surface area contributed by atoms with Crippen molar-refractivity contribution in [3.05, 3.63) is 24.2 Å². The average Bonchev–Trinajstić information content (AvgIpc) is 3.09. The first-order chi connectivity index (χ1) is 11.0. The van der Waals surface area contributed by atoms with E-state index in [2.05, 4.69) is 6.92 Å². The minimum atomic E-state index is -3.41. The lowest BCUT2D eigenvalue weighted by molar-refractivity contribution is 0.0661. The summed E-state index contributed by atoms with van der Waals surface area (Å²) in [5, 5.41) is 0. The molecule has 0 spiro atoms. The molecular weight excluding hydrogens is 318 g/mol. The lowest BCUT2D eigenvalue weighted by Gasteiger charge is -2.38. The molecular formula is C15H23N3O4S. The van der Waals surface area contributed by atoms with Gasteiger partial charge in [0.15, 0.2) is 5.76 Å². The summed E-state index contributed by atoms with van der Waals surface area (Å²) in [6.07, 6.45) is 3.29. The number of nitrogens with zero attached hydrogens (tertiary/aromatic N) is 3. The molecule has 7 nitrogen and oxygen atoms in total. The molecule has 2 fully saturated rings. The van der Waals surface area contributed by atoms with Gasteiger partial charge in [0.25, 0.3) is 16.1 Å². The molecule has 2 aliphatic heterocycles. The van der Waals surface area contributed by atoms with E-state index >= 15 is 0 Å². The number of piperazine rings is 1. The Morgan fingerprint density at radius 2 is 1.70 bits per heavy atom. The van der Waals surface area contributed by atoms with Crippen LogP contribution in [0.4, 0.5) is 0 Å². The second kappa shape index (κ2) is 6.62. The van der Waals surface area contributed by atoms with E-state index in [0.717, 1.165) is 12.8 Å².